The van der Waals surface area contributed by atoms with Crippen molar-refractivity contribution in [1.82, 2.24) is 15.5 Å². The average molecular weight is 582 g/mol. The first-order chi connectivity index (χ1) is 19.4. The molecule has 9 nitrogen and oxygen atoms in total. The van der Waals surface area contributed by atoms with Gasteiger partial charge in [0.2, 0.25) is 11.8 Å². The van der Waals surface area contributed by atoms with Gasteiger partial charge in [-0.2, -0.15) is 0 Å². The van der Waals surface area contributed by atoms with Crippen molar-refractivity contribution in [2.75, 3.05) is 6.54 Å². The first-order valence-corrected chi connectivity index (χ1v) is 14.3. The third-order valence-electron chi connectivity index (χ3n) is 6.48. The molecule has 2 unspecified atom stereocenters. The molecule has 0 aliphatic heterocycles. The number of carbonyl (C=O) groups is 4. The Bertz CT molecular complexity index is 1200. The maximum absolute atomic E-state index is 14.2. The summed E-state index contributed by atoms with van der Waals surface area (Å²) in [6.07, 6.45) is -0.0195. The van der Waals surface area contributed by atoms with E-state index in [1.54, 1.807) is 65.8 Å². The lowest BCUT2D eigenvalue weighted by molar-refractivity contribution is -0.159. The van der Waals surface area contributed by atoms with Crippen molar-refractivity contribution in [2.45, 2.75) is 104 Å². The van der Waals surface area contributed by atoms with Gasteiger partial charge in [0.15, 0.2) is 0 Å². The summed E-state index contributed by atoms with van der Waals surface area (Å²) in [7, 11) is 0. The van der Waals surface area contributed by atoms with Crippen molar-refractivity contribution in [3.63, 3.8) is 0 Å². The van der Waals surface area contributed by atoms with Crippen LogP contribution in [0, 0.1) is 0 Å². The van der Waals surface area contributed by atoms with Crippen LogP contribution in [0.5, 0.6) is 0 Å². The lowest BCUT2D eigenvalue weighted by atomic mass is 9.92. The number of hydrogen-bond acceptors (Lipinski definition) is 6. The molecule has 0 aliphatic carbocycles. The molecule has 230 valence electrons. The highest BCUT2D eigenvalue weighted by atomic mass is 16.6. The number of amides is 3. The Morgan fingerprint density at radius 1 is 0.786 bits per heavy atom. The van der Waals surface area contributed by atoms with E-state index in [2.05, 4.69) is 10.6 Å². The Morgan fingerprint density at radius 3 is 1.81 bits per heavy atom. The van der Waals surface area contributed by atoms with Crippen LogP contribution >= 0.6 is 0 Å². The highest BCUT2D eigenvalue weighted by Crippen LogP contribution is 2.31. The van der Waals surface area contributed by atoms with Crippen molar-refractivity contribution in [3.8, 4) is 0 Å². The topological polar surface area (TPSA) is 114 Å². The molecular weight excluding hydrogens is 534 g/mol. The molecule has 0 saturated heterocycles. The van der Waals surface area contributed by atoms with Crippen LogP contribution in [0.1, 0.15) is 85.9 Å². The second-order valence-corrected chi connectivity index (χ2v) is 12.9. The Morgan fingerprint density at radius 2 is 1.31 bits per heavy atom. The molecule has 0 bridgehead atoms. The van der Waals surface area contributed by atoms with E-state index in [-0.39, 0.29) is 13.0 Å². The largest absolute Gasteiger partial charge is 0.458 e. The summed E-state index contributed by atoms with van der Waals surface area (Å²) >= 11 is 0. The minimum absolute atomic E-state index is 0.203. The summed E-state index contributed by atoms with van der Waals surface area (Å²) in [5, 5.41) is 5.41. The molecule has 2 rings (SSSR count). The van der Waals surface area contributed by atoms with Crippen LogP contribution < -0.4 is 10.6 Å². The molecule has 0 aromatic heterocycles. The van der Waals surface area contributed by atoms with Crippen LogP contribution in [0.4, 0.5) is 4.79 Å². The summed E-state index contributed by atoms with van der Waals surface area (Å²) in [6.45, 7) is 15.7. The number of rotatable bonds is 11. The van der Waals surface area contributed by atoms with E-state index in [0.29, 0.717) is 12.0 Å². The number of alkyl carbamates (subject to hydrolysis) is 1. The van der Waals surface area contributed by atoms with Crippen molar-refractivity contribution >= 4 is 23.9 Å². The zero-order valence-electron chi connectivity index (χ0n) is 26.4. The quantitative estimate of drug-likeness (QED) is 0.347. The molecule has 0 radical (unpaired) electrons. The zero-order chi connectivity index (χ0) is 31.7. The van der Waals surface area contributed by atoms with Crippen LogP contribution in [0.2, 0.25) is 0 Å². The highest BCUT2D eigenvalue weighted by Gasteiger charge is 2.41. The fourth-order valence-electron chi connectivity index (χ4n) is 4.27. The SMILES string of the molecule is CCC(C)(C)N(C(=O)CNC(=O)OC(C)(C)C)C(C(=O)NC(Cc1ccccc1)C(=O)OC(C)(C)C)c1ccccc1. The van der Waals surface area contributed by atoms with Gasteiger partial charge in [0.1, 0.15) is 29.8 Å². The van der Waals surface area contributed by atoms with Gasteiger partial charge in [-0.1, -0.05) is 67.6 Å². The second kappa shape index (κ2) is 14.3. The predicted molar refractivity (Wildman–Crippen MR) is 163 cm³/mol. The van der Waals surface area contributed by atoms with Gasteiger partial charge >= 0.3 is 12.1 Å². The van der Waals surface area contributed by atoms with Gasteiger partial charge in [-0.15, -0.1) is 0 Å². The molecule has 0 spiro atoms. The van der Waals surface area contributed by atoms with E-state index in [9.17, 15) is 19.2 Å². The normalized spacial score (nSPS) is 13.4. The first-order valence-electron chi connectivity index (χ1n) is 14.3. The Kier molecular flexibility index (Phi) is 11.7. The van der Waals surface area contributed by atoms with Crippen LogP contribution in [0.3, 0.4) is 0 Å². The fraction of sp³-hybridized carbons (Fsp3) is 0.515. The molecule has 2 atom stereocenters. The maximum Gasteiger partial charge on any atom is 0.408 e. The standard InChI is InChI=1S/C33H47N3O6/c1-10-33(8,9)36(26(37)22-34-30(40)42-32(5,6)7)27(24-19-15-12-16-20-24)28(38)35-25(29(39)41-31(2,3)4)21-23-17-13-11-14-18-23/h11-20,25,27H,10,21-22H2,1-9H3,(H,34,40)(H,35,38). The number of nitrogens with zero attached hydrogens (tertiary/aromatic N) is 1. The van der Waals surface area contributed by atoms with Crippen LogP contribution in [0.15, 0.2) is 60.7 Å². The van der Waals surface area contributed by atoms with E-state index in [4.69, 9.17) is 9.47 Å². The maximum atomic E-state index is 14.2. The predicted octanol–water partition coefficient (Wildman–Crippen LogP) is 5.34. The van der Waals surface area contributed by atoms with E-state index in [1.165, 1.54) is 4.90 Å². The summed E-state index contributed by atoms with van der Waals surface area (Å²) in [6, 6.07) is 16.1. The average Bonchev–Trinajstić information content (AvgIpc) is 2.89. The van der Waals surface area contributed by atoms with E-state index < -0.39 is 52.7 Å². The molecule has 2 aromatic rings. The monoisotopic (exact) mass is 581 g/mol. The van der Waals surface area contributed by atoms with Crippen LogP contribution in [0.25, 0.3) is 0 Å². The van der Waals surface area contributed by atoms with Crippen molar-refractivity contribution in [1.29, 1.82) is 0 Å². The third kappa shape index (κ3) is 10.8. The summed E-state index contributed by atoms with van der Waals surface area (Å²) in [5.41, 5.74) is -0.907. The smallest absolute Gasteiger partial charge is 0.408 e. The van der Waals surface area contributed by atoms with Crippen LogP contribution in [-0.2, 0) is 30.3 Å². The van der Waals surface area contributed by atoms with Crippen molar-refractivity contribution in [2.24, 2.45) is 0 Å². The summed E-state index contributed by atoms with van der Waals surface area (Å²) in [4.78, 5) is 55.2. The molecule has 0 heterocycles. The summed E-state index contributed by atoms with van der Waals surface area (Å²) < 4.78 is 11.0. The number of esters is 1. The van der Waals surface area contributed by atoms with Crippen molar-refractivity contribution < 1.29 is 28.7 Å². The molecular formula is C33H47N3O6. The molecule has 9 heteroatoms. The van der Waals surface area contributed by atoms with Gasteiger partial charge in [-0.25, -0.2) is 9.59 Å². The highest BCUT2D eigenvalue weighted by molar-refractivity contribution is 5.93. The third-order valence-corrected chi connectivity index (χ3v) is 6.48. The lowest BCUT2D eigenvalue weighted by Gasteiger charge is -2.43. The number of ether oxygens (including phenoxy) is 2. The zero-order valence-corrected chi connectivity index (χ0v) is 26.4. The van der Waals surface area contributed by atoms with Gasteiger partial charge in [0, 0.05) is 12.0 Å². The van der Waals surface area contributed by atoms with Gasteiger partial charge in [-0.05, 0) is 72.9 Å². The fourth-order valence-corrected chi connectivity index (χ4v) is 4.27. The minimum Gasteiger partial charge on any atom is -0.458 e. The van der Waals surface area contributed by atoms with Gasteiger partial charge < -0.3 is 25.0 Å². The number of carbonyl (C=O) groups excluding carboxylic acids is 4. The lowest BCUT2D eigenvalue weighted by Crippen LogP contribution is -2.57. The summed E-state index contributed by atoms with van der Waals surface area (Å²) in [5.74, 6) is -1.60. The molecule has 2 aromatic carbocycles. The van der Waals surface area contributed by atoms with Crippen molar-refractivity contribution in [3.05, 3.63) is 71.8 Å². The molecule has 0 fully saturated rings. The second-order valence-electron chi connectivity index (χ2n) is 12.9. The first kappa shape index (κ1) is 34.3. The molecule has 3 amide bonds. The molecule has 0 saturated carbocycles. The Labute approximate surface area is 250 Å². The molecule has 2 N–H and O–H groups in total. The van der Waals surface area contributed by atoms with Gasteiger partial charge in [-0.3, -0.25) is 9.59 Å². The Balaban J connectivity index is 2.50. The Hall–Kier alpha value is -3.88. The van der Waals surface area contributed by atoms with E-state index in [0.717, 1.165) is 5.56 Å². The molecule has 42 heavy (non-hydrogen) atoms. The number of nitrogens with one attached hydrogen (secondary N) is 2. The van der Waals surface area contributed by atoms with Gasteiger partial charge in [0.25, 0.3) is 0 Å². The van der Waals surface area contributed by atoms with Crippen LogP contribution in [-0.4, -0.2) is 58.1 Å². The van der Waals surface area contributed by atoms with Gasteiger partial charge in [0.05, 0.1) is 0 Å². The number of hydrogen-bond donors (Lipinski definition) is 2. The van der Waals surface area contributed by atoms with E-state index in [1.807, 2.05) is 57.2 Å². The molecule has 0 aliphatic rings. The van der Waals surface area contributed by atoms with E-state index >= 15 is 0 Å². The number of benzene rings is 2. The minimum atomic E-state index is -1.10.